The van der Waals surface area contributed by atoms with Crippen LogP contribution in [0.2, 0.25) is 0 Å². The summed E-state index contributed by atoms with van der Waals surface area (Å²) < 4.78 is 1.10. The van der Waals surface area contributed by atoms with Crippen molar-refractivity contribution in [2.24, 2.45) is 0 Å². The Kier molecular flexibility index (Phi) is 4.21. The number of hydrogen-bond acceptors (Lipinski definition) is 5. The van der Waals surface area contributed by atoms with Crippen molar-refractivity contribution in [3.8, 4) is 0 Å². The van der Waals surface area contributed by atoms with Crippen LogP contribution in [-0.4, -0.2) is 23.7 Å². The fourth-order valence-electron chi connectivity index (χ4n) is 0.898. The van der Waals surface area contributed by atoms with Crippen molar-refractivity contribution in [2.75, 3.05) is 18.5 Å². The van der Waals surface area contributed by atoms with Gasteiger partial charge < -0.3 is 11.1 Å². The van der Waals surface area contributed by atoms with E-state index in [0.717, 1.165) is 15.7 Å². The smallest absolute Gasteiger partial charge is 0.220 e. The Morgan fingerprint density at radius 2 is 2.43 bits per heavy atom. The summed E-state index contributed by atoms with van der Waals surface area (Å²) in [6.07, 6.45) is 0.526. The highest BCUT2D eigenvalue weighted by Crippen LogP contribution is 2.30. The molecule has 0 spiro atoms. The number of nitrogens with two attached hydrogens (primary N) is 1. The molecule has 1 amide bonds. The zero-order chi connectivity index (χ0) is 10.6. The standard InChI is InChI=1S/C8H13N3OS2/c1-5-7(14-8(9)11-5)13-4-3-6(12)10-2/h3-4H2,1-2H3,(H2,9,11)(H,10,12). The first-order chi connectivity index (χ1) is 6.63. The number of anilines is 1. The minimum Gasteiger partial charge on any atom is -0.375 e. The van der Waals surface area contributed by atoms with E-state index in [9.17, 15) is 4.79 Å². The van der Waals surface area contributed by atoms with Gasteiger partial charge in [-0.15, -0.1) is 11.8 Å². The second-order valence-electron chi connectivity index (χ2n) is 2.70. The van der Waals surface area contributed by atoms with Crippen LogP contribution in [0.3, 0.4) is 0 Å². The van der Waals surface area contributed by atoms with Gasteiger partial charge in [0.2, 0.25) is 5.91 Å². The van der Waals surface area contributed by atoms with E-state index in [1.807, 2.05) is 6.92 Å². The number of aryl methyl sites for hydroxylation is 1. The molecule has 0 saturated carbocycles. The number of aromatic nitrogens is 1. The van der Waals surface area contributed by atoms with E-state index < -0.39 is 0 Å². The van der Waals surface area contributed by atoms with E-state index in [4.69, 9.17) is 5.73 Å². The maximum atomic E-state index is 10.9. The van der Waals surface area contributed by atoms with E-state index >= 15 is 0 Å². The predicted molar refractivity (Wildman–Crippen MR) is 60.7 cm³/mol. The van der Waals surface area contributed by atoms with Gasteiger partial charge in [-0.1, -0.05) is 11.3 Å². The fraction of sp³-hybridized carbons (Fsp3) is 0.500. The third-order valence-electron chi connectivity index (χ3n) is 1.61. The molecule has 0 saturated heterocycles. The van der Waals surface area contributed by atoms with Gasteiger partial charge in [-0.3, -0.25) is 4.79 Å². The predicted octanol–water partition coefficient (Wildman–Crippen LogP) is 1.26. The third-order valence-corrected chi connectivity index (χ3v) is 3.96. The van der Waals surface area contributed by atoms with Crippen LogP contribution < -0.4 is 11.1 Å². The second-order valence-corrected chi connectivity index (χ2v) is 5.09. The number of thiazole rings is 1. The quantitative estimate of drug-likeness (QED) is 0.766. The molecule has 14 heavy (non-hydrogen) atoms. The summed E-state index contributed by atoms with van der Waals surface area (Å²) in [5.41, 5.74) is 6.51. The van der Waals surface area contributed by atoms with Crippen LogP contribution in [0.1, 0.15) is 12.1 Å². The van der Waals surface area contributed by atoms with Crippen molar-refractivity contribution in [3.63, 3.8) is 0 Å². The Morgan fingerprint density at radius 1 is 1.71 bits per heavy atom. The number of nitrogens with one attached hydrogen (secondary N) is 1. The van der Waals surface area contributed by atoms with E-state index in [2.05, 4.69) is 10.3 Å². The fourth-order valence-corrected chi connectivity index (χ4v) is 2.93. The first kappa shape index (κ1) is 11.3. The van der Waals surface area contributed by atoms with Crippen molar-refractivity contribution in [1.29, 1.82) is 0 Å². The molecule has 0 radical (unpaired) electrons. The number of amides is 1. The molecular weight excluding hydrogens is 218 g/mol. The van der Waals surface area contributed by atoms with Gasteiger partial charge in [0.05, 0.1) is 9.90 Å². The van der Waals surface area contributed by atoms with Crippen LogP contribution in [0.4, 0.5) is 5.13 Å². The maximum absolute atomic E-state index is 10.9. The molecule has 0 atom stereocenters. The summed E-state index contributed by atoms with van der Waals surface area (Å²) in [4.78, 5) is 15.0. The lowest BCUT2D eigenvalue weighted by Crippen LogP contribution is -2.17. The molecular formula is C8H13N3OS2. The second kappa shape index (κ2) is 5.21. The zero-order valence-corrected chi connectivity index (χ0v) is 9.80. The van der Waals surface area contributed by atoms with E-state index in [1.165, 1.54) is 11.3 Å². The summed E-state index contributed by atoms with van der Waals surface area (Å²) in [5.74, 6) is 0.829. The molecule has 0 unspecified atom stereocenters. The van der Waals surface area contributed by atoms with Gasteiger partial charge in [0, 0.05) is 19.2 Å². The van der Waals surface area contributed by atoms with E-state index in [-0.39, 0.29) is 5.91 Å². The van der Waals surface area contributed by atoms with Crippen molar-refractivity contribution in [2.45, 2.75) is 17.6 Å². The molecule has 0 aliphatic carbocycles. The molecule has 0 aliphatic rings. The molecule has 78 valence electrons. The number of thioether (sulfide) groups is 1. The molecule has 1 rings (SSSR count). The van der Waals surface area contributed by atoms with Crippen LogP contribution in [0, 0.1) is 6.92 Å². The molecule has 0 aliphatic heterocycles. The van der Waals surface area contributed by atoms with Crippen LogP contribution in [0.25, 0.3) is 0 Å². The number of hydrogen-bond donors (Lipinski definition) is 2. The van der Waals surface area contributed by atoms with E-state index in [0.29, 0.717) is 11.6 Å². The molecule has 1 heterocycles. The average Bonchev–Trinajstić information content (AvgIpc) is 2.45. The highest BCUT2D eigenvalue weighted by Gasteiger charge is 2.06. The molecule has 0 aromatic carbocycles. The molecule has 6 heteroatoms. The normalized spacial score (nSPS) is 10.1. The first-order valence-electron chi connectivity index (χ1n) is 4.19. The number of carbonyl (C=O) groups is 1. The summed E-state index contributed by atoms with van der Waals surface area (Å²) >= 11 is 3.10. The van der Waals surface area contributed by atoms with Crippen LogP contribution in [0.15, 0.2) is 4.21 Å². The van der Waals surface area contributed by atoms with Gasteiger partial charge in [-0.25, -0.2) is 4.98 Å². The Morgan fingerprint density at radius 3 is 2.93 bits per heavy atom. The minimum absolute atomic E-state index is 0.0626. The largest absolute Gasteiger partial charge is 0.375 e. The monoisotopic (exact) mass is 231 g/mol. The molecule has 0 fully saturated rings. The molecule has 0 bridgehead atoms. The van der Waals surface area contributed by atoms with Crippen molar-refractivity contribution < 1.29 is 4.79 Å². The number of nitrogen functional groups attached to an aromatic ring is 1. The number of carbonyl (C=O) groups excluding carboxylic acids is 1. The number of nitrogens with zero attached hydrogens (tertiary/aromatic N) is 1. The average molecular weight is 231 g/mol. The Hall–Kier alpha value is -0.750. The third kappa shape index (κ3) is 3.19. The molecule has 4 nitrogen and oxygen atoms in total. The molecule has 1 aromatic heterocycles. The van der Waals surface area contributed by atoms with Gasteiger partial charge in [-0.2, -0.15) is 0 Å². The number of rotatable bonds is 4. The van der Waals surface area contributed by atoms with Crippen molar-refractivity contribution in [1.82, 2.24) is 10.3 Å². The highest BCUT2D eigenvalue weighted by atomic mass is 32.2. The summed E-state index contributed by atoms with van der Waals surface area (Å²) in [6, 6.07) is 0. The lowest BCUT2D eigenvalue weighted by Gasteiger charge is -1.98. The van der Waals surface area contributed by atoms with Gasteiger partial charge in [0.1, 0.15) is 0 Å². The topological polar surface area (TPSA) is 68.0 Å². The maximum Gasteiger partial charge on any atom is 0.220 e. The molecule has 3 N–H and O–H groups in total. The minimum atomic E-state index is 0.0626. The van der Waals surface area contributed by atoms with Gasteiger partial charge in [0.25, 0.3) is 0 Å². The molecule has 1 aromatic rings. The lowest BCUT2D eigenvalue weighted by molar-refractivity contribution is -0.120. The lowest BCUT2D eigenvalue weighted by atomic mass is 10.5. The van der Waals surface area contributed by atoms with Gasteiger partial charge in [0.15, 0.2) is 5.13 Å². The summed E-state index contributed by atoms with van der Waals surface area (Å²) in [5, 5.41) is 3.17. The van der Waals surface area contributed by atoms with Gasteiger partial charge in [-0.05, 0) is 6.92 Å². The van der Waals surface area contributed by atoms with Crippen molar-refractivity contribution >= 4 is 34.1 Å². The Labute approximate surface area is 91.3 Å². The van der Waals surface area contributed by atoms with Crippen LogP contribution in [-0.2, 0) is 4.79 Å². The van der Waals surface area contributed by atoms with E-state index in [1.54, 1.807) is 18.8 Å². The van der Waals surface area contributed by atoms with Crippen LogP contribution >= 0.6 is 23.1 Å². The summed E-state index contributed by atoms with van der Waals surface area (Å²) in [7, 11) is 1.64. The first-order valence-corrected chi connectivity index (χ1v) is 6.00. The zero-order valence-electron chi connectivity index (χ0n) is 8.16. The van der Waals surface area contributed by atoms with Gasteiger partial charge >= 0.3 is 0 Å². The van der Waals surface area contributed by atoms with Crippen molar-refractivity contribution in [3.05, 3.63) is 5.69 Å². The highest BCUT2D eigenvalue weighted by molar-refractivity contribution is 8.01. The SMILES string of the molecule is CNC(=O)CCSc1sc(N)nc1C. The Bertz CT molecular complexity index is 324. The summed E-state index contributed by atoms with van der Waals surface area (Å²) in [6.45, 7) is 1.93. The van der Waals surface area contributed by atoms with Crippen LogP contribution in [0.5, 0.6) is 0 Å². The Balaban J connectivity index is 2.38.